The van der Waals surface area contributed by atoms with E-state index in [1.807, 2.05) is 31.5 Å². The Morgan fingerprint density at radius 1 is 1.34 bits per heavy atom. The molecule has 3 atom stereocenters. The fourth-order valence-electron chi connectivity index (χ4n) is 3.41. The van der Waals surface area contributed by atoms with Gasteiger partial charge in [0.2, 0.25) is 5.91 Å². The van der Waals surface area contributed by atoms with Crippen molar-refractivity contribution in [1.29, 1.82) is 0 Å². The van der Waals surface area contributed by atoms with Gasteiger partial charge in [-0.05, 0) is 39.7 Å². The lowest BCUT2D eigenvalue weighted by molar-refractivity contribution is -0.125. The van der Waals surface area contributed by atoms with Gasteiger partial charge in [0.25, 0.3) is 17.9 Å². The maximum atomic E-state index is 12.5. The molecule has 32 heavy (non-hydrogen) atoms. The van der Waals surface area contributed by atoms with E-state index in [9.17, 15) is 19.5 Å². The van der Waals surface area contributed by atoms with Gasteiger partial charge in [-0.25, -0.2) is 4.98 Å². The smallest absolute Gasteiger partial charge is 0.290 e. The fourth-order valence-corrected chi connectivity index (χ4v) is 3.41. The molecule has 1 saturated carbocycles. The molecule has 0 spiro atoms. The van der Waals surface area contributed by atoms with Crippen molar-refractivity contribution in [3.63, 3.8) is 0 Å². The Morgan fingerprint density at radius 3 is 2.62 bits per heavy atom. The Hall–Kier alpha value is -3.47. The molecule has 2 amide bonds. The summed E-state index contributed by atoms with van der Waals surface area (Å²) in [6.45, 7) is 6.01. The predicted molar refractivity (Wildman–Crippen MR) is 115 cm³/mol. The number of carbonyl (C=O) groups is 3. The Labute approximate surface area is 184 Å². The number of nitrogens with zero attached hydrogens (tertiary/aromatic N) is 2. The SMILES string of the molecule is CC(C)(C)n1ccc(C(=O)N[C@H]2C[C@H](C(=O)NCc3cc(=O)[nH]cn3)C[C@@H]2O)c1.O=CO. The van der Waals surface area contributed by atoms with Crippen LogP contribution in [-0.4, -0.2) is 55.2 Å². The fraction of sp³-hybridized carbons (Fsp3) is 0.476. The first-order valence-corrected chi connectivity index (χ1v) is 10.1. The van der Waals surface area contributed by atoms with E-state index in [4.69, 9.17) is 9.90 Å². The molecular weight excluding hydrogens is 418 g/mol. The minimum absolute atomic E-state index is 0.132. The van der Waals surface area contributed by atoms with Crippen LogP contribution in [0.3, 0.4) is 0 Å². The summed E-state index contributed by atoms with van der Waals surface area (Å²) in [5, 5.41) is 22.8. The molecule has 1 aliphatic rings. The number of aromatic nitrogens is 3. The first-order chi connectivity index (χ1) is 15.0. The molecule has 174 valence electrons. The van der Waals surface area contributed by atoms with Gasteiger partial charge in [-0.2, -0.15) is 0 Å². The van der Waals surface area contributed by atoms with E-state index < -0.39 is 18.1 Å². The quantitative estimate of drug-likeness (QED) is 0.409. The van der Waals surface area contributed by atoms with Crippen molar-refractivity contribution in [3.05, 3.63) is 52.5 Å². The van der Waals surface area contributed by atoms with Crippen molar-refractivity contribution in [2.75, 3.05) is 0 Å². The van der Waals surface area contributed by atoms with Gasteiger partial charge in [-0.1, -0.05) is 0 Å². The van der Waals surface area contributed by atoms with E-state index in [1.54, 1.807) is 12.3 Å². The van der Waals surface area contributed by atoms with E-state index in [1.165, 1.54) is 12.4 Å². The first-order valence-electron chi connectivity index (χ1n) is 10.1. The number of carbonyl (C=O) groups excluding carboxylic acids is 2. The molecule has 11 heteroatoms. The first kappa shape index (κ1) is 24.8. The second-order valence-electron chi connectivity index (χ2n) is 8.52. The predicted octanol–water partition coefficient (Wildman–Crippen LogP) is 0.213. The van der Waals surface area contributed by atoms with Crippen LogP contribution in [0.4, 0.5) is 0 Å². The largest absolute Gasteiger partial charge is 0.483 e. The summed E-state index contributed by atoms with van der Waals surface area (Å²) >= 11 is 0. The highest BCUT2D eigenvalue weighted by Crippen LogP contribution is 2.27. The van der Waals surface area contributed by atoms with Crippen LogP contribution in [0, 0.1) is 5.92 Å². The molecule has 2 aromatic rings. The Morgan fingerprint density at radius 2 is 2.03 bits per heavy atom. The molecule has 0 aromatic carbocycles. The minimum atomic E-state index is -0.794. The molecule has 0 aliphatic heterocycles. The summed E-state index contributed by atoms with van der Waals surface area (Å²) in [6, 6.07) is 2.56. The average molecular weight is 447 g/mol. The lowest BCUT2D eigenvalue weighted by Crippen LogP contribution is -2.40. The van der Waals surface area contributed by atoms with E-state index in [-0.39, 0.29) is 42.4 Å². The molecule has 5 N–H and O–H groups in total. The normalized spacial score (nSPS) is 20.1. The van der Waals surface area contributed by atoms with Gasteiger partial charge in [-0.3, -0.25) is 19.2 Å². The third-order valence-electron chi connectivity index (χ3n) is 5.12. The van der Waals surface area contributed by atoms with Crippen molar-refractivity contribution >= 4 is 18.3 Å². The molecular formula is C21H29N5O6. The highest BCUT2D eigenvalue weighted by molar-refractivity contribution is 5.94. The van der Waals surface area contributed by atoms with Crippen LogP contribution in [0.25, 0.3) is 0 Å². The number of nitrogens with one attached hydrogen (secondary N) is 3. The molecule has 1 aliphatic carbocycles. The summed E-state index contributed by atoms with van der Waals surface area (Å²) in [6.07, 6.45) is 4.72. The molecule has 0 radical (unpaired) electrons. The van der Waals surface area contributed by atoms with Gasteiger partial charge >= 0.3 is 0 Å². The van der Waals surface area contributed by atoms with Gasteiger partial charge in [0.15, 0.2) is 0 Å². The lowest BCUT2D eigenvalue weighted by Gasteiger charge is -2.21. The molecule has 0 bridgehead atoms. The van der Waals surface area contributed by atoms with E-state index in [0.29, 0.717) is 17.7 Å². The maximum Gasteiger partial charge on any atom is 0.290 e. The molecule has 3 rings (SSSR count). The lowest BCUT2D eigenvalue weighted by atomic mass is 10.1. The summed E-state index contributed by atoms with van der Waals surface area (Å²) in [7, 11) is 0. The van der Waals surface area contributed by atoms with Crippen molar-refractivity contribution in [1.82, 2.24) is 25.2 Å². The van der Waals surface area contributed by atoms with Crippen molar-refractivity contribution in [2.45, 2.75) is 57.8 Å². The molecule has 11 nitrogen and oxygen atoms in total. The van der Waals surface area contributed by atoms with Gasteiger partial charge < -0.3 is 30.4 Å². The van der Waals surface area contributed by atoms with Crippen LogP contribution in [0.2, 0.25) is 0 Å². The Kier molecular flexibility index (Phi) is 8.30. The topological polar surface area (TPSA) is 166 Å². The number of aromatic amines is 1. The van der Waals surface area contributed by atoms with Crippen molar-refractivity contribution < 1.29 is 24.6 Å². The van der Waals surface area contributed by atoms with Crippen molar-refractivity contribution in [3.8, 4) is 0 Å². The van der Waals surface area contributed by atoms with E-state index >= 15 is 0 Å². The molecule has 0 saturated heterocycles. The van der Waals surface area contributed by atoms with Crippen molar-refractivity contribution in [2.24, 2.45) is 5.92 Å². The zero-order valence-corrected chi connectivity index (χ0v) is 18.2. The standard InChI is InChI=1S/C20H27N5O4.CH2O2/c1-20(2,3)25-5-4-12(10-25)19(29)24-15-6-13(7-16(15)26)18(28)21-9-14-8-17(27)23-11-22-14;2-1-3/h4-5,8,10-11,13,15-16,26H,6-7,9H2,1-3H3,(H,21,28)(H,24,29)(H,22,23,27);1H,(H,2,3)/t13-,15-,16-;/m0./s1. The number of aliphatic hydroxyl groups is 1. The number of hydrogen-bond donors (Lipinski definition) is 5. The second kappa shape index (κ2) is 10.7. The minimum Gasteiger partial charge on any atom is -0.483 e. The van der Waals surface area contributed by atoms with Crippen LogP contribution in [-0.2, 0) is 21.7 Å². The summed E-state index contributed by atoms with van der Waals surface area (Å²) in [4.78, 5) is 51.0. The molecule has 2 aromatic heterocycles. The maximum absolute atomic E-state index is 12.5. The Bertz CT molecular complexity index is 993. The molecule has 1 fully saturated rings. The van der Waals surface area contributed by atoms with Gasteiger partial charge in [0, 0.05) is 29.9 Å². The summed E-state index contributed by atoms with van der Waals surface area (Å²) < 4.78 is 1.95. The zero-order valence-electron chi connectivity index (χ0n) is 18.2. The number of hydrogen-bond acceptors (Lipinski definition) is 6. The number of carboxylic acid groups (broad SMARTS) is 1. The van der Waals surface area contributed by atoms with Gasteiger partial charge in [-0.15, -0.1) is 0 Å². The zero-order chi connectivity index (χ0) is 23.9. The number of rotatable bonds is 5. The number of amides is 2. The molecule has 2 heterocycles. The third kappa shape index (κ3) is 6.77. The van der Waals surface area contributed by atoms with Crippen LogP contribution in [0.5, 0.6) is 0 Å². The molecule has 0 unspecified atom stereocenters. The van der Waals surface area contributed by atoms with Crippen LogP contribution >= 0.6 is 0 Å². The van der Waals surface area contributed by atoms with Gasteiger partial charge in [0.05, 0.1) is 36.3 Å². The monoisotopic (exact) mass is 447 g/mol. The van der Waals surface area contributed by atoms with E-state index in [2.05, 4.69) is 20.6 Å². The average Bonchev–Trinajstić information content (AvgIpc) is 3.34. The van der Waals surface area contributed by atoms with Gasteiger partial charge in [0.1, 0.15) is 0 Å². The summed E-state index contributed by atoms with van der Waals surface area (Å²) in [5.74, 6) is -0.927. The summed E-state index contributed by atoms with van der Waals surface area (Å²) in [5.41, 5.74) is 0.547. The second-order valence-corrected chi connectivity index (χ2v) is 8.52. The van der Waals surface area contributed by atoms with Crippen LogP contribution < -0.4 is 16.2 Å². The number of H-pyrrole nitrogens is 1. The van der Waals surface area contributed by atoms with E-state index in [0.717, 1.165) is 0 Å². The highest BCUT2D eigenvalue weighted by Gasteiger charge is 2.37. The highest BCUT2D eigenvalue weighted by atomic mass is 16.3. The van der Waals surface area contributed by atoms with Crippen LogP contribution in [0.1, 0.15) is 49.7 Å². The van der Waals surface area contributed by atoms with Crippen LogP contribution in [0.15, 0.2) is 35.6 Å². The third-order valence-corrected chi connectivity index (χ3v) is 5.12. The Balaban J connectivity index is 0.00000114. The number of aliphatic hydroxyl groups excluding tert-OH is 1.